The molecule has 0 aromatic heterocycles. The van der Waals surface area contributed by atoms with E-state index in [4.69, 9.17) is 0 Å². The van der Waals surface area contributed by atoms with Crippen molar-refractivity contribution in [1.29, 1.82) is 0 Å². The van der Waals surface area contributed by atoms with Gasteiger partial charge >= 0.3 is 0 Å². The Hall–Kier alpha value is -2.49. The Morgan fingerprint density at radius 1 is 1.12 bits per heavy atom. The van der Waals surface area contributed by atoms with Gasteiger partial charge in [-0.3, -0.25) is 4.79 Å². The molecule has 1 saturated heterocycles. The Morgan fingerprint density at radius 3 is 2.60 bits per heavy atom. The zero-order valence-corrected chi connectivity index (χ0v) is 15.4. The molecule has 0 atom stereocenters. The molecule has 4 nitrogen and oxygen atoms in total. The molecule has 0 bridgehead atoms. The van der Waals surface area contributed by atoms with E-state index in [1.165, 1.54) is 12.8 Å². The van der Waals surface area contributed by atoms with Gasteiger partial charge in [-0.25, -0.2) is 0 Å². The quantitative estimate of drug-likeness (QED) is 0.906. The lowest BCUT2D eigenvalue weighted by molar-refractivity contribution is 0.0951. The van der Waals surface area contributed by atoms with Crippen molar-refractivity contribution in [2.75, 3.05) is 37.0 Å². The maximum absolute atomic E-state index is 12.8. The van der Waals surface area contributed by atoms with E-state index in [2.05, 4.69) is 39.4 Å². The van der Waals surface area contributed by atoms with Crippen LogP contribution in [0.5, 0.6) is 0 Å². The lowest BCUT2D eigenvalue weighted by Gasteiger charge is -2.21. The molecule has 0 unspecified atom stereocenters. The molecule has 1 aliphatic rings. The monoisotopic (exact) mass is 337 g/mol. The van der Waals surface area contributed by atoms with E-state index >= 15 is 0 Å². The smallest absolute Gasteiger partial charge is 0.253 e. The molecule has 1 fully saturated rings. The van der Waals surface area contributed by atoms with E-state index in [1.807, 2.05) is 39.2 Å². The van der Waals surface area contributed by atoms with Crippen molar-refractivity contribution >= 4 is 17.3 Å². The molecule has 4 heteroatoms. The lowest BCUT2D eigenvalue weighted by Crippen LogP contribution is -2.27. The summed E-state index contributed by atoms with van der Waals surface area (Å²) in [5.41, 5.74) is 5.20. The largest absolute Gasteiger partial charge is 0.378 e. The Balaban J connectivity index is 1.75. The van der Waals surface area contributed by atoms with Crippen LogP contribution in [0, 0.1) is 6.92 Å². The summed E-state index contributed by atoms with van der Waals surface area (Å²) < 4.78 is 0. The number of benzene rings is 2. The van der Waals surface area contributed by atoms with E-state index < -0.39 is 0 Å². The second-order valence-electron chi connectivity index (χ2n) is 6.96. The van der Waals surface area contributed by atoms with Gasteiger partial charge in [0.15, 0.2) is 0 Å². The van der Waals surface area contributed by atoms with Gasteiger partial charge in [0, 0.05) is 45.1 Å². The highest BCUT2D eigenvalue weighted by atomic mass is 16.1. The predicted molar refractivity (Wildman–Crippen MR) is 105 cm³/mol. The first kappa shape index (κ1) is 17.3. The third-order valence-corrected chi connectivity index (χ3v) is 4.72. The lowest BCUT2D eigenvalue weighted by atomic mass is 10.1. The SMILES string of the molecule is Cc1ccc(N2CCCC2)c(C(=O)NCc2cccc(N(C)C)c2)c1. The van der Waals surface area contributed by atoms with Gasteiger partial charge in [0.2, 0.25) is 0 Å². The van der Waals surface area contributed by atoms with Crippen molar-refractivity contribution in [2.24, 2.45) is 0 Å². The van der Waals surface area contributed by atoms with Crippen LogP contribution in [0.1, 0.15) is 34.3 Å². The first-order chi connectivity index (χ1) is 12.0. The summed E-state index contributed by atoms with van der Waals surface area (Å²) in [4.78, 5) is 17.2. The van der Waals surface area contributed by atoms with Crippen LogP contribution in [0.2, 0.25) is 0 Å². The normalized spacial score (nSPS) is 13.8. The summed E-state index contributed by atoms with van der Waals surface area (Å²) in [7, 11) is 4.04. The van der Waals surface area contributed by atoms with Gasteiger partial charge in [0.25, 0.3) is 5.91 Å². The van der Waals surface area contributed by atoms with Crippen LogP contribution >= 0.6 is 0 Å². The Bertz CT molecular complexity index is 749. The van der Waals surface area contributed by atoms with E-state index in [0.29, 0.717) is 6.54 Å². The average molecular weight is 337 g/mol. The summed E-state index contributed by atoms with van der Waals surface area (Å²) in [6.07, 6.45) is 2.40. The van der Waals surface area contributed by atoms with Crippen molar-refractivity contribution in [3.8, 4) is 0 Å². The Morgan fingerprint density at radius 2 is 1.88 bits per heavy atom. The Labute approximate surface area is 150 Å². The van der Waals surface area contributed by atoms with Crippen LogP contribution in [-0.2, 0) is 6.54 Å². The number of anilines is 2. The van der Waals surface area contributed by atoms with Crippen LogP contribution in [0.3, 0.4) is 0 Å². The number of nitrogens with zero attached hydrogens (tertiary/aromatic N) is 2. The molecule has 1 N–H and O–H groups in total. The van der Waals surface area contributed by atoms with Crippen molar-refractivity contribution in [1.82, 2.24) is 5.32 Å². The fraction of sp³-hybridized carbons (Fsp3) is 0.381. The number of rotatable bonds is 5. The second-order valence-corrected chi connectivity index (χ2v) is 6.96. The molecule has 0 spiro atoms. The number of hydrogen-bond acceptors (Lipinski definition) is 3. The highest BCUT2D eigenvalue weighted by Crippen LogP contribution is 2.26. The number of nitrogens with one attached hydrogen (secondary N) is 1. The molecule has 132 valence electrons. The highest BCUT2D eigenvalue weighted by Gasteiger charge is 2.19. The zero-order chi connectivity index (χ0) is 17.8. The van der Waals surface area contributed by atoms with Crippen molar-refractivity contribution in [3.05, 3.63) is 59.2 Å². The van der Waals surface area contributed by atoms with Gasteiger partial charge in [0.05, 0.1) is 5.56 Å². The van der Waals surface area contributed by atoms with E-state index in [1.54, 1.807) is 0 Å². The Kier molecular flexibility index (Phi) is 5.27. The average Bonchev–Trinajstić information content (AvgIpc) is 3.14. The number of aryl methyl sites for hydroxylation is 1. The van der Waals surface area contributed by atoms with Gasteiger partial charge in [-0.05, 0) is 49.6 Å². The van der Waals surface area contributed by atoms with Gasteiger partial charge in [-0.15, -0.1) is 0 Å². The minimum atomic E-state index is 0.000793. The van der Waals surface area contributed by atoms with Gasteiger partial charge in [-0.1, -0.05) is 23.8 Å². The van der Waals surface area contributed by atoms with Crippen LogP contribution in [0.25, 0.3) is 0 Å². The molecule has 0 radical (unpaired) electrons. The number of amides is 1. The maximum atomic E-state index is 12.8. The topological polar surface area (TPSA) is 35.6 Å². The minimum Gasteiger partial charge on any atom is -0.378 e. The first-order valence-corrected chi connectivity index (χ1v) is 8.94. The van der Waals surface area contributed by atoms with Crippen molar-refractivity contribution in [2.45, 2.75) is 26.3 Å². The standard InChI is InChI=1S/C21H27N3O/c1-16-9-10-20(24-11-4-5-12-24)19(13-16)21(25)22-15-17-7-6-8-18(14-17)23(2)3/h6-10,13-14H,4-5,11-12,15H2,1-3H3,(H,22,25). The molecular formula is C21H27N3O. The second kappa shape index (κ2) is 7.60. The molecule has 3 rings (SSSR count). The van der Waals surface area contributed by atoms with E-state index in [9.17, 15) is 4.79 Å². The molecule has 25 heavy (non-hydrogen) atoms. The minimum absolute atomic E-state index is 0.000793. The van der Waals surface area contributed by atoms with Crippen LogP contribution in [0.4, 0.5) is 11.4 Å². The maximum Gasteiger partial charge on any atom is 0.253 e. The van der Waals surface area contributed by atoms with Crippen molar-refractivity contribution in [3.63, 3.8) is 0 Å². The first-order valence-electron chi connectivity index (χ1n) is 8.94. The third kappa shape index (κ3) is 4.13. The summed E-state index contributed by atoms with van der Waals surface area (Å²) >= 11 is 0. The van der Waals surface area contributed by atoms with Crippen LogP contribution < -0.4 is 15.1 Å². The molecular weight excluding hydrogens is 310 g/mol. The highest BCUT2D eigenvalue weighted by molar-refractivity contribution is 6.00. The van der Waals surface area contributed by atoms with Crippen LogP contribution in [-0.4, -0.2) is 33.1 Å². The molecule has 0 saturated carbocycles. The number of carbonyl (C=O) groups is 1. The molecule has 1 heterocycles. The van der Waals surface area contributed by atoms with Crippen LogP contribution in [0.15, 0.2) is 42.5 Å². The van der Waals surface area contributed by atoms with Gasteiger partial charge in [-0.2, -0.15) is 0 Å². The fourth-order valence-corrected chi connectivity index (χ4v) is 3.29. The molecule has 2 aromatic carbocycles. The van der Waals surface area contributed by atoms with E-state index in [0.717, 1.165) is 41.2 Å². The molecule has 1 aliphatic heterocycles. The van der Waals surface area contributed by atoms with Crippen molar-refractivity contribution < 1.29 is 4.79 Å². The fourth-order valence-electron chi connectivity index (χ4n) is 3.29. The number of hydrogen-bond donors (Lipinski definition) is 1. The van der Waals surface area contributed by atoms with Gasteiger partial charge < -0.3 is 15.1 Å². The predicted octanol–water partition coefficient (Wildman–Crippen LogP) is 3.59. The van der Waals surface area contributed by atoms with E-state index in [-0.39, 0.29) is 5.91 Å². The molecule has 1 amide bonds. The molecule has 2 aromatic rings. The summed E-state index contributed by atoms with van der Waals surface area (Å²) in [6.45, 7) is 4.64. The summed E-state index contributed by atoms with van der Waals surface area (Å²) in [5, 5.41) is 3.09. The zero-order valence-electron chi connectivity index (χ0n) is 15.4. The number of carbonyl (C=O) groups excluding carboxylic acids is 1. The third-order valence-electron chi connectivity index (χ3n) is 4.72. The van der Waals surface area contributed by atoms with Gasteiger partial charge in [0.1, 0.15) is 0 Å². The summed E-state index contributed by atoms with van der Waals surface area (Å²) in [5.74, 6) is 0.000793. The summed E-state index contributed by atoms with van der Waals surface area (Å²) in [6, 6.07) is 14.4. The molecule has 0 aliphatic carbocycles.